The Kier molecular flexibility index (Phi) is 6.33. The fraction of sp³-hybridized carbons (Fsp3) is 0.167. The molecule has 0 bridgehead atoms. The zero-order valence-electron chi connectivity index (χ0n) is 15.2. The van der Waals surface area contributed by atoms with Crippen LogP contribution in [0.25, 0.3) is 21.9 Å². The first-order valence-electron chi connectivity index (χ1n) is 7.99. The van der Waals surface area contributed by atoms with Gasteiger partial charge >= 0.3 is 7.12 Å². The third-order valence-electron chi connectivity index (χ3n) is 4.10. The van der Waals surface area contributed by atoms with E-state index in [1.165, 1.54) is 0 Å². The Hall–Kier alpha value is -3.17. The van der Waals surface area contributed by atoms with Crippen molar-refractivity contribution < 1.29 is 24.7 Å². The normalized spacial score (nSPS) is 10.1. The first-order chi connectivity index (χ1) is 12.8. The van der Waals surface area contributed by atoms with E-state index >= 15 is 0 Å². The molecule has 0 radical (unpaired) electrons. The van der Waals surface area contributed by atoms with E-state index in [1.54, 1.807) is 19.2 Å². The molecule has 0 aliphatic carbocycles. The number of nitrogens with zero attached hydrogens (tertiary/aromatic N) is 2. The van der Waals surface area contributed by atoms with Crippen LogP contribution in [0.15, 0.2) is 30.3 Å². The van der Waals surface area contributed by atoms with Crippen molar-refractivity contribution in [1.29, 1.82) is 0 Å². The van der Waals surface area contributed by atoms with Crippen molar-refractivity contribution >= 4 is 35.6 Å². The Morgan fingerprint density at radius 3 is 2.37 bits per heavy atom. The van der Waals surface area contributed by atoms with Crippen molar-refractivity contribution in [3.8, 4) is 16.9 Å². The van der Waals surface area contributed by atoms with Crippen LogP contribution in [-0.4, -0.2) is 46.1 Å². The number of carbonyl (C=O) groups is 1. The summed E-state index contributed by atoms with van der Waals surface area (Å²) in [5.41, 5.74) is 9.55. The highest BCUT2D eigenvalue weighted by atomic mass is 16.5. The van der Waals surface area contributed by atoms with Crippen LogP contribution in [0.2, 0.25) is 0 Å². The fourth-order valence-corrected chi connectivity index (χ4v) is 2.91. The summed E-state index contributed by atoms with van der Waals surface area (Å²) in [5, 5.41) is 35.6. The standard InChI is InChI=1S/C17H18BN3O3.CH2O2/c1-9-6-12(18(22)23)8-15(16(9)24-3)11-4-5-13-14(7-11)10(2)20-21-17(13)19;2-1-3/h4-8,22-23H,1-3H3,(H2,19,21);1H,(H,2,3). The average Bonchev–Trinajstić information content (AvgIpc) is 2.64. The van der Waals surface area contributed by atoms with E-state index in [1.807, 2.05) is 32.0 Å². The summed E-state index contributed by atoms with van der Waals surface area (Å²) in [4.78, 5) is 8.36. The van der Waals surface area contributed by atoms with Crippen LogP contribution in [0.3, 0.4) is 0 Å². The molecule has 0 aliphatic rings. The number of hydrogen-bond donors (Lipinski definition) is 4. The SMILES string of the molecule is COc1c(C)cc(B(O)O)cc1-c1ccc2c(N)nnc(C)c2c1.O=CO. The first-order valence-corrected chi connectivity index (χ1v) is 7.99. The minimum absolute atomic E-state index is 0.250. The van der Waals surface area contributed by atoms with Crippen molar-refractivity contribution in [2.75, 3.05) is 12.8 Å². The maximum absolute atomic E-state index is 9.52. The number of methoxy groups -OCH3 is 1. The van der Waals surface area contributed by atoms with E-state index in [0.717, 1.165) is 33.2 Å². The first kappa shape index (κ1) is 20.2. The van der Waals surface area contributed by atoms with Crippen LogP contribution in [0, 0.1) is 13.8 Å². The number of fused-ring (bicyclic) bond motifs is 1. The molecule has 0 amide bonds. The van der Waals surface area contributed by atoms with Crippen molar-refractivity contribution in [2.24, 2.45) is 0 Å². The zero-order chi connectivity index (χ0) is 20.1. The van der Waals surface area contributed by atoms with E-state index in [0.29, 0.717) is 17.0 Å². The second-order valence-corrected chi connectivity index (χ2v) is 5.83. The highest BCUT2D eigenvalue weighted by Gasteiger charge is 2.18. The van der Waals surface area contributed by atoms with Gasteiger partial charge in [-0.25, -0.2) is 0 Å². The van der Waals surface area contributed by atoms with Crippen LogP contribution in [0.1, 0.15) is 11.3 Å². The number of nitrogen functional groups attached to an aromatic ring is 1. The number of rotatable bonds is 3. The molecule has 3 rings (SSSR count). The summed E-state index contributed by atoms with van der Waals surface area (Å²) in [7, 11) is 0.0495. The van der Waals surface area contributed by atoms with E-state index < -0.39 is 7.12 Å². The molecule has 1 aromatic heterocycles. The molecule has 0 saturated carbocycles. The highest BCUT2D eigenvalue weighted by Crippen LogP contribution is 2.34. The number of benzene rings is 2. The van der Waals surface area contributed by atoms with Gasteiger partial charge in [-0.1, -0.05) is 18.2 Å². The molecule has 1 heterocycles. The van der Waals surface area contributed by atoms with Gasteiger partial charge in [0.15, 0.2) is 5.82 Å². The summed E-state index contributed by atoms with van der Waals surface area (Å²) in [6.07, 6.45) is 0. The number of nitrogens with two attached hydrogens (primary N) is 1. The number of aromatic nitrogens is 2. The lowest BCUT2D eigenvalue weighted by Crippen LogP contribution is -2.30. The molecule has 8 nitrogen and oxygen atoms in total. The molecule has 140 valence electrons. The van der Waals surface area contributed by atoms with Crippen molar-refractivity contribution in [1.82, 2.24) is 10.2 Å². The maximum atomic E-state index is 9.52. The third kappa shape index (κ3) is 4.16. The van der Waals surface area contributed by atoms with Gasteiger partial charge in [0.05, 0.1) is 12.8 Å². The zero-order valence-corrected chi connectivity index (χ0v) is 15.2. The van der Waals surface area contributed by atoms with Gasteiger partial charge in [0, 0.05) is 16.3 Å². The molecule has 0 atom stereocenters. The lowest BCUT2D eigenvalue weighted by atomic mass is 9.77. The summed E-state index contributed by atoms with van der Waals surface area (Å²) >= 11 is 0. The molecular formula is C18H20BN3O5. The molecule has 5 N–H and O–H groups in total. The van der Waals surface area contributed by atoms with Gasteiger partial charge in [-0.15, -0.1) is 5.10 Å². The largest absolute Gasteiger partial charge is 0.496 e. The van der Waals surface area contributed by atoms with E-state index in [2.05, 4.69) is 10.2 Å². The van der Waals surface area contributed by atoms with Crippen LogP contribution in [0.4, 0.5) is 5.82 Å². The van der Waals surface area contributed by atoms with Crippen LogP contribution in [-0.2, 0) is 4.79 Å². The summed E-state index contributed by atoms with van der Waals surface area (Å²) in [6, 6.07) is 9.16. The predicted molar refractivity (Wildman–Crippen MR) is 104 cm³/mol. The summed E-state index contributed by atoms with van der Waals surface area (Å²) < 4.78 is 5.52. The lowest BCUT2D eigenvalue weighted by Gasteiger charge is -2.15. The molecule has 0 fully saturated rings. The fourth-order valence-electron chi connectivity index (χ4n) is 2.91. The topological polar surface area (TPSA) is 139 Å². The predicted octanol–water partition coefficient (Wildman–Crippen LogP) is 0.885. The van der Waals surface area contributed by atoms with Gasteiger partial charge in [0.25, 0.3) is 6.47 Å². The molecule has 0 unspecified atom stereocenters. The highest BCUT2D eigenvalue weighted by molar-refractivity contribution is 6.58. The molecular weight excluding hydrogens is 349 g/mol. The number of carboxylic acid groups (broad SMARTS) is 1. The average molecular weight is 369 g/mol. The summed E-state index contributed by atoms with van der Waals surface area (Å²) in [5.74, 6) is 1.07. The minimum atomic E-state index is -1.54. The molecule has 0 spiro atoms. The Morgan fingerprint density at radius 2 is 1.78 bits per heavy atom. The van der Waals surface area contributed by atoms with Crippen LogP contribution < -0.4 is 15.9 Å². The van der Waals surface area contributed by atoms with Gasteiger partial charge in [0.2, 0.25) is 0 Å². The minimum Gasteiger partial charge on any atom is -0.496 e. The van der Waals surface area contributed by atoms with E-state index in [-0.39, 0.29) is 6.47 Å². The second-order valence-electron chi connectivity index (χ2n) is 5.83. The van der Waals surface area contributed by atoms with E-state index in [9.17, 15) is 10.0 Å². The Morgan fingerprint density at radius 1 is 1.11 bits per heavy atom. The quantitative estimate of drug-likeness (QED) is 0.394. The number of aryl methyl sites for hydroxylation is 2. The van der Waals surface area contributed by atoms with Gasteiger partial charge in [0.1, 0.15) is 5.75 Å². The van der Waals surface area contributed by atoms with Gasteiger partial charge < -0.3 is 25.6 Å². The van der Waals surface area contributed by atoms with Crippen molar-refractivity contribution in [3.63, 3.8) is 0 Å². The Labute approximate surface area is 156 Å². The van der Waals surface area contributed by atoms with Gasteiger partial charge in [-0.05, 0) is 42.6 Å². The molecule has 0 saturated heterocycles. The van der Waals surface area contributed by atoms with Gasteiger partial charge in [-0.3, -0.25) is 4.79 Å². The lowest BCUT2D eigenvalue weighted by molar-refractivity contribution is -0.122. The number of anilines is 1. The van der Waals surface area contributed by atoms with Crippen molar-refractivity contribution in [2.45, 2.75) is 13.8 Å². The summed E-state index contributed by atoms with van der Waals surface area (Å²) in [6.45, 7) is 3.49. The monoisotopic (exact) mass is 369 g/mol. The Balaban J connectivity index is 0.000000817. The van der Waals surface area contributed by atoms with E-state index in [4.69, 9.17) is 20.4 Å². The second kappa shape index (κ2) is 8.48. The molecule has 9 heteroatoms. The molecule has 27 heavy (non-hydrogen) atoms. The molecule has 0 aliphatic heterocycles. The van der Waals surface area contributed by atoms with Crippen LogP contribution in [0.5, 0.6) is 5.75 Å². The van der Waals surface area contributed by atoms with Crippen molar-refractivity contribution in [3.05, 3.63) is 41.6 Å². The van der Waals surface area contributed by atoms with Crippen LogP contribution >= 0.6 is 0 Å². The molecule has 2 aromatic carbocycles. The maximum Gasteiger partial charge on any atom is 0.488 e. The smallest absolute Gasteiger partial charge is 0.488 e. The number of ether oxygens (including phenoxy) is 1. The number of hydrogen-bond acceptors (Lipinski definition) is 7. The third-order valence-corrected chi connectivity index (χ3v) is 4.10. The van der Waals surface area contributed by atoms with Gasteiger partial charge in [-0.2, -0.15) is 5.10 Å². The Bertz CT molecular complexity index is 979. The molecule has 3 aromatic rings.